The summed E-state index contributed by atoms with van der Waals surface area (Å²) in [6.07, 6.45) is 17.8. The summed E-state index contributed by atoms with van der Waals surface area (Å²) in [5.41, 5.74) is 0. The van der Waals surface area contributed by atoms with Gasteiger partial charge < -0.3 is 0 Å². The van der Waals surface area contributed by atoms with E-state index >= 15 is 0 Å². The second-order valence-electron chi connectivity index (χ2n) is 5.25. The lowest BCUT2D eigenvalue weighted by molar-refractivity contribution is 0.0962. The van der Waals surface area contributed by atoms with Crippen molar-refractivity contribution in [2.24, 2.45) is 0 Å². The van der Waals surface area contributed by atoms with Crippen LogP contribution < -0.4 is 0 Å². The van der Waals surface area contributed by atoms with E-state index in [1.54, 1.807) is 0 Å². The van der Waals surface area contributed by atoms with Gasteiger partial charge in [-0.3, -0.25) is 4.90 Å². The van der Waals surface area contributed by atoms with Crippen LogP contribution in [0.5, 0.6) is 0 Å². The van der Waals surface area contributed by atoms with Gasteiger partial charge in [-0.2, -0.15) is 0 Å². The third-order valence-corrected chi connectivity index (χ3v) is 4.11. The highest BCUT2D eigenvalue weighted by molar-refractivity contribution is 4.94. The van der Waals surface area contributed by atoms with Crippen molar-refractivity contribution in [2.75, 3.05) is 6.54 Å². The highest BCUT2D eigenvalue weighted by atomic mass is 15.2. The van der Waals surface area contributed by atoms with Gasteiger partial charge in [0.05, 0.1) is 6.54 Å². The fourth-order valence-corrected chi connectivity index (χ4v) is 3.24. The SMILES string of the molecule is [2H]C1(N(CC#C)C2CCCCC2)CCCCC1. The summed E-state index contributed by atoms with van der Waals surface area (Å²) in [4.78, 5) is 2.35. The van der Waals surface area contributed by atoms with Gasteiger partial charge in [-0.05, 0) is 25.7 Å². The highest BCUT2D eigenvalue weighted by Gasteiger charge is 2.27. The molecule has 0 radical (unpaired) electrons. The van der Waals surface area contributed by atoms with E-state index in [1.807, 2.05) is 0 Å². The van der Waals surface area contributed by atoms with Gasteiger partial charge in [0.2, 0.25) is 0 Å². The zero-order chi connectivity index (χ0) is 12.1. The summed E-state index contributed by atoms with van der Waals surface area (Å²) in [7, 11) is 0. The van der Waals surface area contributed by atoms with Crippen LogP contribution >= 0.6 is 0 Å². The largest absolute Gasteiger partial charge is 0.286 e. The van der Waals surface area contributed by atoms with Gasteiger partial charge in [0, 0.05) is 13.4 Å². The smallest absolute Gasteiger partial charge is 0.0603 e. The molecular weight excluding hydrogens is 194 g/mol. The minimum atomic E-state index is -0.355. The average molecular weight is 220 g/mol. The predicted molar refractivity (Wildman–Crippen MR) is 69.3 cm³/mol. The fraction of sp³-hybridized carbons (Fsp3) is 0.867. The van der Waals surface area contributed by atoms with Crippen molar-refractivity contribution in [1.82, 2.24) is 4.90 Å². The maximum Gasteiger partial charge on any atom is 0.0603 e. The van der Waals surface area contributed by atoms with Gasteiger partial charge in [-0.25, -0.2) is 0 Å². The first kappa shape index (κ1) is 10.7. The lowest BCUT2D eigenvalue weighted by atomic mass is 9.89. The highest BCUT2D eigenvalue weighted by Crippen LogP contribution is 2.29. The Labute approximate surface area is 102 Å². The fourth-order valence-electron chi connectivity index (χ4n) is 3.24. The molecule has 16 heavy (non-hydrogen) atoms. The van der Waals surface area contributed by atoms with Crippen LogP contribution in [0.15, 0.2) is 0 Å². The summed E-state index contributed by atoms with van der Waals surface area (Å²) in [6, 6.07) is 0.225. The third-order valence-electron chi connectivity index (χ3n) is 4.11. The van der Waals surface area contributed by atoms with E-state index in [0.717, 1.165) is 12.8 Å². The van der Waals surface area contributed by atoms with Crippen LogP contribution in [0.3, 0.4) is 0 Å². The molecule has 0 saturated heterocycles. The van der Waals surface area contributed by atoms with Gasteiger partial charge in [-0.1, -0.05) is 44.4 Å². The lowest BCUT2D eigenvalue weighted by Gasteiger charge is -2.40. The molecule has 0 spiro atoms. The quantitative estimate of drug-likeness (QED) is 0.657. The second kappa shape index (κ2) is 6.30. The molecule has 90 valence electrons. The Morgan fingerprint density at radius 1 is 1.00 bits per heavy atom. The van der Waals surface area contributed by atoms with Crippen molar-refractivity contribution in [3.8, 4) is 12.3 Å². The molecule has 0 unspecified atom stereocenters. The van der Waals surface area contributed by atoms with E-state index in [4.69, 9.17) is 7.79 Å². The molecule has 0 atom stereocenters. The van der Waals surface area contributed by atoms with Crippen molar-refractivity contribution in [2.45, 2.75) is 76.3 Å². The monoisotopic (exact) mass is 220 g/mol. The summed E-state index contributed by atoms with van der Waals surface area (Å²) in [6.45, 7) is 0.675. The Morgan fingerprint density at radius 3 is 2.12 bits per heavy atom. The van der Waals surface area contributed by atoms with Gasteiger partial charge in [0.25, 0.3) is 0 Å². The standard InChI is InChI=1S/C15H25N/c1-2-13-16(14-9-5-3-6-10-14)15-11-7-4-8-12-15/h1,14-15H,3-13H2/i14D. The number of terminal acetylenes is 1. The molecule has 0 aromatic heterocycles. The van der Waals surface area contributed by atoms with Crippen molar-refractivity contribution >= 4 is 0 Å². The second-order valence-corrected chi connectivity index (χ2v) is 5.25. The summed E-state index contributed by atoms with van der Waals surface area (Å²) in [5.74, 6) is 2.79. The van der Waals surface area contributed by atoms with E-state index in [-0.39, 0.29) is 6.02 Å². The van der Waals surface area contributed by atoms with Crippen LogP contribution in [-0.2, 0) is 0 Å². The van der Waals surface area contributed by atoms with Crippen molar-refractivity contribution < 1.29 is 1.37 Å². The average Bonchev–Trinajstić information content (AvgIpc) is 2.38. The minimum Gasteiger partial charge on any atom is -0.286 e. The molecule has 2 fully saturated rings. The van der Waals surface area contributed by atoms with Crippen LogP contribution in [0, 0.1) is 12.3 Å². The number of hydrogen-bond donors (Lipinski definition) is 0. The van der Waals surface area contributed by atoms with E-state index in [9.17, 15) is 0 Å². The third kappa shape index (κ3) is 3.01. The molecule has 0 bridgehead atoms. The van der Waals surface area contributed by atoms with E-state index in [2.05, 4.69) is 10.8 Å². The number of rotatable bonds is 3. The predicted octanol–water partition coefficient (Wildman–Crippen LogP) is 3.59. The lowest BCUT2D eigenvalue weighted by Crippen LogP contribution is -2.45. The Bertz CT molecular complexity index is 269. The van der Waals surface area contributed by atoms with Gasteiger partial charge in [0.1, 0.15) is 0 Å². The van der Waals surface area contributed by atoms with Crippen LogP contribution in [0.25, 0.3) is 0 Å². The summed E-state index contributed by atoms with van der Waals surface area (Å²) < 4.78 is 8.75. The normalized spacial score (nSPS) is 27.4. The Hall–Kier alpha value is -0.480. The minimum absolute atomic E-state index is 0.355. The molecule has 0 aliphatic heterocycles. The molecule has 0 aromatic rings. The molecule has 0 aromatic carbocycles. The first-order valence-electron chi connectivity index (χ1n) is 7.46. The van der Waals surface area contributed by atoms with Crippen molar-refractivity contribution in [1.29, 1.82) is 0 Å². The molecule has 2 aliphatic rings. The maximum atomic E-state index is 8.75. The zero-order valence-corrected chi connectivity index (χ0v) is 10.4. The molecule has 0 heterocycles. The van der Waals surface area contributed by atoms with Crippen LogP contribution in [0.4, 0.5) is 0 Å². The first-order valence-corrected chi connectivity index (χ1v) is 6.96. The molecule has 2 saturated carbocycles. The van der Waals surface area contributed by atoms with Crippen LogP contribution in [0.2, 0.25) is 0 Å². The van der Waals surface area contributed by atoms with Crippen LogP contribution in [0.1, 0.15) is 65.6 Å². The van der Waals surface area contributed by atoms with Crippen LogP contribution in [-0.4, -0.2) is 23.5 Å². The number of nitrogens with zero attached hydrogens (tertiary/aromatic N) is 1. The Kier molecular flexibility index (Phi) is 4.20. The molecule has 0 N–H and O–H groups in total. The van der Waals surface area contributed by atoms with E-state index in [1.165, 1.54) is 51.4 Å². The summed E-state index contributed by atoms with van der Waals surface area (Å²) in [5, 5.41) is 0. The zero-order valence-electron chi connectivity index (χ0n) is 11.4. The Morgan fingerprint density at radius 2 is 1.56 bits per heavy atom. The van der Waals surface area contributed by atoms with Crippen molar-refractivity contribution in [3.63, 3.8) is 0 Å². The molecular formula is C15H25N. The Balaban J connectivity index is 2.06. The topological polar surface area (TPSA) is 3.24 Å². The maximum absolute atomic E-state index is 8.75. The first-order chi connectivity index (χ1) is 8.26. The van der Waals surface area contributed by atoms with E-state index in [0.29, 0.717) is 12.6 Å². The van der Waals surface area contributed by atoms with Gasteiger partial charge >= 0.3 is 0 Å². The molecule has 1 nitrogen and oxygen atoms in total. The molecule has 2 rings (SSSR count). The van der Waals surface area contributed by atoms with E-state index < -0.39 is 0 Å². The molecule has 1 heteroatoms. The van der Waals surface area contributed by atoms with Gasteiger partial charge in [-0.15, -0.1) is 6.42 Å². The summed E-state index contributed by atoms with van der Waals surface area (Å²) >= 11 is 0. The van der Waals surface area contributed by atoms with Crippen molar-refractivity contribution in [3.05, 3.63) is 0 Å². The molecule has 0 amide bonds. The molecule has 2 aliphatic carbocycles. The number of hydrogen-bond acceptors (Lipinski definition) is 1. The van der Waals surface area contributed by atoms with Gasteiger partial charge in [0.15, 0.2) is 0 Å².